The quantitative estimate of drug-likeness (QED) is 0.803. The van der Waals surface area contributed by atoms with Gasteiger partial charge in [0.1, 0.15) is 0 Å². The summed E-state index contributed by atoms with van der Waals surface area (Å²) in [6.45, 7) is 12.3. The van der Waals surface area contributed by atoms with Gasteiger partial charge < -0.3 is 5.32 Å². The first-order valence-electron chi connectivity index (χ1n) is 6.69. The molecule has 0 saturated heterocycles. The predicted molar refractivity (Wildman–Crippen MR) is 76.6 cm³/mol. The van der Waals surface area contributed by atoms with Crippen LogP contribution in [0.15, 0.2) is 5.38 Å². The van der Waals surface area contributed by atoms with Crippen LogP contribution in [0.25, 0.3) is 0 Å². The predicted octanol–water partition coefficient (Wildman–Crippen LogP) is 3.65. The molecular formula is C14H26N2S. The monoisotopic (exact) mass is 254 g/mol. The Kier molecular flexibility index (Phi) is 6.14. The highest BCUT2D eigenvalue weighted by molar-refractivity contribution is 7.09. The summed E-state index contributed by atoms with van der Waals surface area (Å²) in [5, 5.41) is 7.05. The van der Waals surface area contributed by atoms with Crippen molar-refractivity contribution in [3.05, 3.63) is 16.1 Å². The highest BCUT2D eigenvalue weighted by Crippen LogP contribution is 2.23. The fourth-order valence-corrected chi connectivity index (χ4v) is 3.06. The van der Waals surface area contributed by atoms with Crippen LogP contribution in [0.3, 0.4) is 0 Å². The highest BCUT2D eigenvalue weighted by Gasteiger charge is 2.21. The molecule has 0 saturated carbocycles. The lowest BCUT2D eigenvalue weighted by Gasteiger charge is -2.27. The molecule has 17 heavy (non-hydrogen) atoms. The first kappa shape index (κ1) is 14.7. The number of hydrogen-bond acceptors (Lipinski definition) is 3. The molecular weight excluding hydrogens is 228 g/mol. The van der Waals surface area contributed by atoms with Gasteiger partial charge in [-0.1, -0.05) is 20.8 Å². The van der Waals surface area contributed by atoms with E-state index in [0.717, 1.165) is 18.7 Å². The van der Waals surface area contributed by atoms with Crippen molar-refractivity contribution in [2.45, 2.75) is 53.5 Å². The molecule has 0 fully saturated rings. The van der Waals surface area contributed by atoms with Gasteiger partial charge in [-0.15, -0.1) is 11.3 Å². The van der Waals surface area contributed by atoms with Crippen LogP contribution < -0.4 is 5.32 Å². The first-order chi connectivity index (χ1) is 8.04. The van der Waals surface area contributed by atoms with E-state index >= 15 is 0 Å². The summed E-state index contributed by atoms with van der Waals surface area (Å²) in [5.41, 5.74) is 1.15. The summed E-state index contributed by atoms with van der Waals surface area (Å²) >= 11 is 1.80. The number of rotatable bonds is 7. The standard InChI is InChI=1S/C14H26N2S/c1-6-7-15-12(5)13(10(2)3)8-14-16-11(4)9-17-14/h9-10,12-13,15H,6-8H2,1-5H3. The second kappa shape index (κ2) is 7.12. The molecule has 2 atom stereocenters. The van der Waals surface area contributed by atoms with Crippen LogP contribution >= 0.6 is 11.3 Å². The summed E-state index contributed by atoms with van der Waals surface area (Å²) in [5.74, 6) is 1.37. The normalized spacial score (nSPS) is 15.2. The molecule has 0 aliphatic carbocycles. The van der Waals surface area contributed by atoms with Crippen LogP contribution in [0.5, 0.6) is 0 Å². The van der Waals surface area contributed by atoms with Crippen LogP contribution in [-0.4, -0.2) is 17.6 Å². The summed E-state index contributed by atoms with van der Waals surface area (Å²) < 4.78 is 0. The third kappa shape index (κ3) is 4.76. The van der Waals surface area contributed by atoms with E-state index in [4.69, 9.17) is 0 Å². The molecule has 1 rings (SSSR count). The van der Waals surface area contributed by atoms with Crippen molar-refractivity contribution in [3.63, 3.8) is 0 Å². The Balaban J connectivity index is 2.59. The molecule has 0 bridgehead atoms. The minimum absolute atomic E-state index is 0.569. The lowest BCUT2D eigenvalue weighted by molar-refractivity contribution is 0.289. The minimum atomic E-state index is 0.569. The van der Waals surface area contributed by atoms with Gasteiger partial charge in [-0.05, 0) is 38.6 Å². The summed E-state index contributed by atoms with van der Waals surface area (Å²) in [6.07, 6.45) is 2.31. The highest BCUT2D eigenvalue weighted by atomic mass is 32.1. The molecule has 98 valence electrons. The van der Waals surface area contributed by atoms with Crippen molar-refractivity contribution in [1.29, 1.82) is 0 Å². The molecule has 0 spiro atoms. The number of nitrogens with one attached hydrogen (secondary N) is 1. The zero-order valence-electron chi connectivity index (χ0n) is 11.8. The summed E-state index contributed by atoms with van der Waals surface area (Å²) in [6, 6.07) is 0.569. The van der Waals surface area contributed by atoms with Gasteiger partial charge in [0.15, 0.2) is 0 Å². The molecule has 0 radical (unpaired) electrons. The third-order valence-electron chi connectivity index (χ3n) is 3.29. The zero-order chi connectivity index (χ0) is 12.8. The van der Waals surface area contributed by atoms with Crippen LogP contribution in [0.2, 0.25) is 0 Å². The van der Waals surface area contributed by atoms with E-state index in [1.807, 2.05) is 0 Å². The smallest absolute Gasteiger partial charge is 0.0931 e. The molecule has 0 aromatic carbocycles. The molecule has 2 unspecified atom stereocenters. The van der Waals surface area contributed by atoms with Crippen molar-refractivity contribution >= 4 is 11.3 Å². The summed E-state index contributed by atoms with van der Waals surface area (Å²) in [7, 11) is 0. The molecule has 1 N–H and O–H groups in total. The maximum Gasteiger partial charge on any atom is 0.0931 e. The van der Waals surface area contributed by atoms with Gasteiger partial charge in [0.05, 0.1) is 5.01 Å². The van der Waals surface area contributed by atoms with Gasteiger partial charge in [0.2, 0.25) is 0 Å². The molecule has 2 nitrogen and oxygen atoms in total. The molecule has 3 heteroatoms. The van der Waals surface area contributed by atoms with E-state index in [9.17, 15) is 0 Å². The molecule has 1 aromatic rings. The lowest BCUT2D eigenvalue weighted by Crippen LogP contribution is -2.37. The Hall–Kier alpha value is -0.410. The van der Waals surface area contributed by atoms with Crippen molar-refractivity contribution in [1.82, 2.24) is 10.3 Å². The second-order valence-electron chi connectivity index (χ2n) is 5.24. The van der Waals surface area contributed by atoms with Crippen LogP contribution in [-0.2, 0) is 6.42 Å². The summed E-state index contributed by atoms with van der Waals surface area (Å²) in [4.78, 5) is 4.59. The molecule has 0 aliphatic heterocycles. The van der Waals surface area contributed by atoms with E-state index in [1.54, 1.807) is 11.3 Å². The van der Waals surface area contributed by atoms with Gasteiger partial charge in [-0.25, -0.2) is 4.98 Å². The van der Waals surface area contributed by atoms with E-state index in [-0.39, 0.29) is 0 Å². The van der Waals surface area contributed by atoms with E-state index in [2.05, 4.69) is 50.3 Å². The maximum absolute atomic E-state index is 4.59. The molecule has 0 aliphatic rings. The van der Waals surface area contributed by atoms with Gasteiger partial charge in [-0.3, -0.25) is 0 Å². The van der Waals surface area contributed by atoms with Crippen molar-refractivity contribution in [3.8, 4) is 0 Å². The largest absolute Gasteiger partial charge is 0.314 e. The Morgan fingerprint density at radius 3 is 2.53 bits per heavy atom. The average Bonchev–Trinajstić information content (AvgIpc) is 2.68. The Morgan fingerprint density at radius 1 is 1.35 bits per heavy atom. The number of aryl methyl sites for hydroxylation is 1. The number of hydrogen-bond donors (Lipinski definition) is 1. The fourth-order valence-electron chi connectivity index (χ4n) is 2.21. The molecule has 1 aromatic heterocycles. The van der Waals surface area contributed by atoms with Gasteiger partial charge in [-0.2, -0.15) is 0 Å². The zero-order valence-corrected chi connectivity index (χ0v) is 12.6. The first-order valence-corrected chi connectivity index (χ1v) is 7.57. The number of thiazole rings is 1. The van der Waals surface area contributed by atoms with E-state index < -0.39 is 0 Å². The SMILES string of the molecule is CCCNC(C)C(Cc1nc(C)cs1)C(C)C. The maximum atomic E-state index is 4.59. The number of aromatic nitrogens is 1. The van der Waals surface area contributed by atoms with Gasteiger partial charge in [0, 0.05) is 23.5 Å². The molecule has 0 amide bonds. The Bertz CT molecular complexity index is 320. The van der Waals surface area contributed by atoms with Crippen molar-refractivity contribution in [2.75, 3.05) is 6.54 Å². The topological polar surface area (TPSA) is 24.9 Å². The van der Waals surface area contributed by atoms with Crippen molar-refractivity contribution in [2.24, 2.45) is 11.8 Å². The van der Waals surface area contributed by atoms with Crippen molar-refractivity contribution < 1.29 is 0 Å². The van der Waals surface area contributed by atoms with E-state index in [0.29, 0.717) is 17.9 Å². The van der Waals surface area contributed by atoms with E-state index in [1.165, 1.54) is 11.4 Å². The minimum Gasteiger partial charge on any atom is -0.314 e. The van der Waals surface area contributed by atoms with Gasteiger partial charge >= 0.3 is 0 Å². The second-order valence-corrected chi connectivity index (χ2v) is 6.18. The Labute approximate surface area is 110 Å². The average molecular weight is 254 g/mol. The lowest BCUT2D eigenvalue weighted by atomic mass is 9.86. The van der Waals surface area contributed by atoms with Crippen LogP contribution in [0.1, 0.15) is 44.8 Å². The Morgan fingerprint density at radius 2 is 2.06 bits per heavy atom. The number of nitrogens with zero attached hydrogens (tertiary/aromatic N) is 1. The van der Waals surface area contributed by atoms with Gasteiger partial charge in [0.25, 0.3) is 0 Å². The fraction of sp³-hybridized carbons (Fsp3) is 0.786. The van der Waals surface area contributed by atoms with Crippen LogP contribution in [0.4, 0.5) is 0 Å². The van der Waals surface area contributed by atoms with Crippen LogP contribution in [0, 0.1) is 18.8 Å². The molecule has 1 heterocycles. The third-order valence-corrected chi connectivity index (χ3v) is 4.28.